The Balaban J connectivity index is 1.96. The largest absolute Gasteiger partial charge is 0.497 e. The Morgan fingerprint density at radius 1 is 1.47 bits per heavy atom. The van der Waals surface area contributed by atoms with Gasteiger partial charge in [-0.15, -0.1) is 0 Å². The number of rotatable bonds is 5. The van der Waals surface area contributed by atoms with E-state index in [0.29, 0.717) is 13.1 Å². The Labute approximate surface area is 114 Å². The number of nitrogens with one attached hydrogen (secondary N) is 2. The number of hydrogen-bond donors (Lipinski definition) is 2. The second-order valence-corrected chi connectivity index (χ2v) is 6.73. The lowest BCUT2D eigenvalue weighted by molar-refractivity contribution is 0.414. The van der Waals surface area contributed by atoms with Crippen LogP contribution in [0.1, 0.15) is 18.4 Å². The van der Waals surface area contributed by atoms with Crippen LogP contribution in [0.5, 0.6) is 5.75 Å². The van der Waals surface area contributed by atoms with Gasteiger partial charge in [-0.2, -0.15) is 0 Å². The third-order valence-electron chi connectivity index (χ3n) is 3.30. The van der Waals surface area contributed by atoms with E-state index in [1.165, 1.54) is 0 Å². The van der Waals surface area contributed by atoms with Gasteiger partial charge in [0.05, 0.1) is 12.4 Å². The molecule has 1 aromatic rings. The Bertz CT molecular complexity index is 510. The van der Waals surface area contributed by atoms with Crippen LogP contribution in [0, 0.1) is 0 Å². The normalized spacial score (nSPS) is 20.2. The van der Waals surface area contributed by atoms with Gasteiger partial charge < -0.3 is 10.1 Å². The molecule has 1 aliphatic heterocycles. The van der Waals surface area contributed by atoms with E-state index >= 15 is 0 Å². The molecule has 1 unspecified atom stereocenters. The highest BCUT2D eigenvalue weighted by atomic mass is 32.2. The second kappa shape index (κ2) is 6.36. The van der Waals surface area contributed by atoms with Gasteiger partial charge in [0.15, 0.2) is 0 Å². The highest BCUT2D eigenvalue weighted by Crippen LogP contribution is 2.14. The van der Waals surface area contributed by atoms with E-state index in [1.807, 2.05) is 24.3 Å². The molecule has 0 bridgehead atoms. The fraction of sp³-hybridized carbons (Fsp3) is 0.538. The SMILES string of the molecule is COc1cccc(CNS(=O)(=O)C2CCCNC2)c1. The molecule has 1 saturated heterocycles. The van der Waals surface area contributed by atoms with E-state index in [1.54, 1.807) is 7.11 Å². The first kappa shape index (κ1) is 14.3. The summed E-state index contributed by atoms with van der Waals surface area (Å²) >= 11 is 0. The predicted molar refractivity (Wildman–Crippen MR) is 74.6 cm³/mol. The number of benzene rings is 1. The van der Waals surface area contributed by atoms with E-state index in [4.69, 9.17) is 4.74 Å². The van der Waals surface area contributed by atoms with Crippen molar-refractivity contribution in [3.05, 3.63) is 29.8 Å². The van der Waals surface area contributed by atoms with Crippen molar-refractivity contribution in [3.8, 4) is 5.75 Å². The van der Waals surface area contributed by atoms with E-state index in [2.05, 4.69) is 10.0 Å². The summed E-state index contributed by atoms with van der Waals surface area (Å²) in [6.07, 6.45) is 1.63. The average Bonchev–Trinajstić information content (AvgIpc) is 2.46. The zero-order valence-corrected chi connectivity index (χ0v) is 11.9. The molecule has 1 aliphatic rings. The van der Waals surface area contributed by atoms with Gasteiger partial charge in [0.25, 0.3) is 0 Å². The quantitative estimate of drug-likeness (QED) is 0.842. The van der Waals surface area contributed by atoms with Gasteiger partial charge in [0, 0.05) is 13.1 Å². The Morgan fingerprint density at radius 3 is 3.00 bits per heavy atom. The first-order valence-electron chi connectivity index (χ1n) is 6.44. The van der Waals surface area contributed by atoms with Crippen molar-refractivity contribution in [1.82, 2.24) is 10.0 Å². The number of sulfonamides is 1. The zero-order chi connectivity index (χ0) is 13.7. The van der Waals surface area contributed by atoms with Crippen LogP contribution >= 0.6 is 0 Å². The molecule has 0 spiro atoms. The third-order valence-corrected chi connectivity index (χ3v) is 5.13. The number of piperidine rings is 1. The number of methoxy groups -OCH3 is 1. The van der Waals surface area contributed by atoms with Crippen LogP contribution in [0.2, 0.25) is 0 Å². The van der Waals surface area contributed by atoms with Crippen molar-refractivity contribution < 1.29 is 13.2 Å². The van der Waals surface area contributed by atoms with E-state index < -0.39 is 10.0 Å². The lowest BCUT2D eigenvalue weighted by atomic mass is 10.2. The summed E-state index contributed by atoms with van der Waals surface area (Å²) in [6.45, 7) is 1.74. The number of ether oxygens (including phenoxy) is 1. The second-order valence-electron chi connectivity index (χ2n) is 4.69. The molecule has 1 fully saturated rings. The van der Waals surface area contributed by atoms with Crippen LogP contribution in [0.4, 0.5) is 0 Å². The van der Waals surface area contributed by atoms with E-state index in [-0.39, 0.29) is 5.25 Å². The lowest BCUT2D eigenvalue weighted by Crippen LogP contribution is -2.44. The molecule has 1 atom stereocenters. The summed E-state index contributed by atoms with van der Waals surface area (Å²) in [4.78, 5) is 0. The van der Waals surface area contributed by atoms with Crippen LogP contribution < -0.4 is 14.8 Å². The van der Waals surface area contributed by atoms with E-state index in [0.717, 1.165) is 30.7 Å². The van der Waals surface area contributed by atoms with Gasteiger partial charge in [-0.3, -0.25) is 0 Å². The van der Waals surface area contributed by atoms with Crippen LogP contribution in [0.25, 0.3) is 0 Å². The summed E-state index contributed by atoms with van der Waals surface area (Å²) in [5.41, 5.74) is 0.895. The minimum absolute atomic E-state index is 0.302. The topological polar surface area (TPSA) is 67.4 Å². The van der Waals surface area contributed by atoms with E-state index in [9.17, 15) is 8.42 Å². The fourth-order valence-electron chi connectivity index (χ4n) is 2.17. The Kier molecular flexibility index (Phi) is 4.79. The molecule has 19 heavy (non-hydrogen) atoms. The molecular weight excluding hydrogens is 264 g/mol. The molecule has 0 saturated carbocycles. The molecule has 2 rings (SSSR count). The molecule has 0 aromatic heterocycles. The molecule has 0 amide bonds. The number of hydrogen-bond acceptors (Lipinski definition) is 4. The summed E-state index contributed by atoms with van der Waals surface area (Å²) in [5.74, 6) is 0.732. The summed E-state index contributed by atoms with van der Waals surface area (Å²) in [7, 11) is -1.66. The maximum atomic E-state index is 12.1. The molecule has 0 aliphatic carbocycles. The average molecular weight is 284 g/mol. The van der Waals surface area contributed by atoms with Crippen molar-refractivity contribution >= 4 is 10.0 Å². The first-order chi connectivity index (χ1) is 9.12. The Hall–Kier alpha value is -1.11. The van der Waals surface area contributed by atoms with Gasteiger partial charge in [0.1, 0.15) is 5.75 Å². The van der Waals surface area contributed by atoms with Gasteiger partial charge in [0.2, 0.25) is 10.0 Å². The minimum atomic E-state index is -3.25. The molecule has 106 valence electrons. The lowest BCUT2D eigenvalue weighted by Gasteiger charge is -2.23. The van der Waals surface area contributed by atoms with Crippen molar-refractivity contribution in [3.63, 3.8) is 0 Å². The standard InChI is InChI=1S/C13H20N2O3S/c1-18-12-5-2-4-11(8-12)9-15-19(16,17)13-6-3-7-14-10-13/h2,4-5,8,13-15H,3,6-7,9-10H2,1H3. The summed E-state index contributed by atoms with van der Waals surface area (Å²) in [6, 6.07) is 7.40. The highest BCUT2D eigenvalue weighted by Gasteiger charge is 2.26. The van der Waals surface area contributed by atoms with Crippen molar-refractivity contribution in [2.45, 2.75) is 24.6 Å². The Morgan fingerprint density at radius 2 is 2.32 bits per heavy atom. The highest BCUT2D eigenvalue weighted by molar-refractivity contribution is 7.90. The molecule has 5 nitrogen and oxygen atoms in total. The molecular formula is C13H20N2O3S. The zero-order valence-electron chi connectivity index (χ0n) is 11.1. The molecule has 6 heteroatoms. The van der Waals surface area contributed by atoms with Crippen molar-refractivity contribution in [2.24, 2.45) is 0 Å². The maximum absolute atomic E-state index is 12.1. The van der Waals surface area contributed by atoms with Gasteiger partial charge in [-0.25, -0.2) is 13.1 Å². The van der Waals surface area contributed by atoms with Crippen molar-refractivity contribution in [2.75, 3.05) is 20.2 Å². The third kappa shape index (κ3) is 3.92. The van der Waals surface area contributed by atoms with Crippen LogP contribution in [-0.2, 0) is 16.6 Å². The monoisotopic (exact) mass is 284 g/mol. The molecule has 2 N–H and O–H groups in total. The van der Waals surface area contributed by atoms with Crippen LogP contribution in [0.15, 0.2) is 24.3 Å². The first-order valence-corrected chi connectivity index (χ1v) is 7.98. The molecule has 1 aromatic carbocycles. The predicted octanol–water partition coefficient (Wildman–Crippen LogP) is 0.867. The maximum Gasteiger partial charge on any atom is 0.216 e. The molecule has 0 radical (unpaired) electrons. The van der Waals surface area contributed by atoms with Gasteiger partial charge in [-0.1, -0.05) is 12.1 Å². The fourth-order valence-corrected chi connectivity index (χ4v) is 3.59. The van der Waals surface area contributed by atoms with Gasteiger partial charge >= 0.3 is 0 Å². The summed E-state index contributed by atoms with van der Waals surface area (Å²) < 4.78 is 32.1. The van der Waals surface area contributed by atoms with Crippen LogP contribution in [-0.4, -0.2) is 33.9 Å². The van der Waals surface area contributed by atoms with Gasteiger partial charge in [-0.05, 0) is 37.1 Å². The van der Waals surface area contributed by atoms with Crippen molar-refractivity contribution in [1.29, 1.82) is 0 Å². The van der Waals surface area contributed by atoms with Crippen LogP contribution in [0.3, 0.4) is 0 Å². The molecule has 1 heterocycles. The smallest absolute Gasteiger partial charge is 0.216 e. The summed E-state index contributed by atoms with van der Waals surface area (Å²) in [5, 5.41) is 2.79. The minimum Gasteiger partial charge on any atom is -0.497 e.